The zero-order chi connectivity index (χ0) is 13.7. The molecule has 0 spiro atoms. The SMILES string of the molecule is COC(=O)[C@@H](CC1CC1)NC(=O)[C@H](O)CC(C)C. The summed E-state index contributed by atoms with van der Waals surface area (Å²) in [6.45, 7) is 3.86. The lowest BCUT2D eigenvalue weighted by molar-refractivity contribution is -0.146. The van der Waals surface area contributed by atoms with Crippen LogP contribution in [0.4, 0.5) is 0 Å². The molecule has 0 heterocycles. The number of methoxy groups -OCH3 is 1. The number of rotatable bonds is 7. The van der Waals surface area contributed by atoms with Crippen molar-refractivity contribution in [2.45, 2.75) is 51.7 Å². The van der Waals surface area contributed by atoms with E-state index in [1.54, 1.807) is 0 Å². The quantitative estimate of drug-likeness (QED) is 0.663. The molecule has 0 aromatic rings. The highest BCUT2D eigenvalue weighted by molar-refractivity contribution is 5.86. The molecular weight excluding hydrogens is 234 g/mol. The number of aliphatic hydroxyl groups is 1. The maximum atomic E-state index is 11.7. The van der Waals surface area contributed by atoms with Gasteiger partial charge in [0.2, 0.25) is 5.91 Å². The van der Waals surface area contributed by atoms with Crippen molar-refractivity contribution in [3.8, 4) is 0 Å². The second-order valence-electron chi connectivity index (χ2n) is 5.41. The van der Waals surface area contributed by atoms with Gasteiger partial charge in [-0.1, -0.05) is 26.7 Å². The number of nitrogens with one attached hydrogen (secondary N) is 1. The molecule has 5 heteroatoms. The van der Waals surface area contributed by atoms with Gasteiger partial charge in [-0.2, -0.15) is 0 Å². The van der Waals surface area contributed by atoms with E-state index < -0.39 is 24.0 Å². The Labute approximate surface area is 108 Å². The molecule has 0 unspecified atom stereocenters. The lowest BCUT2D eigenvalue weighted by Crippen LogP contribution is -2.46. The van der Waals surface area contributed by atoms with Gasteiger partial charge in [0.25, 0.3) is 0 Å². The third-order valence-electron chi connectivity index (χ3n) is 3.07. The zero-order valence-electron chi connectivity index (χ0n) is 11.3. The van der Waals surface area contributed by atoms with Crippen LogP contribution < -0.4 is 5.32 Å². The molecule has 18 heavy (non-hydrogen) atoms. The minimum absolute atomic E-state index is 0.228. The van der Waals surface area contributed by atoms with E-state index in [1.165, 1.54) is 7.11 Å². The topological polar surface area (TPSA) is 75.6 Å². The van der Waals surface area contributed by atoms with Crippen molar-refractivity contribution < 1.29 is 19.4 Å². The summed E-state index contributed by atoms with van der Waals surface area (Å²) in [5.74, 6) is -0.200. The Morgan fingerprint density at radius 2 is 2.00 bits per heavy atom. The number of amides is 1. The molecule has 1 rings (SSSR count). The zero-order valence-corrected chi connectivity index (χ0v) is 11.3. The Morgan fingerprint density at radius 1 is 1.39 bits per heavy atom. The van der Waals surface area contributed by atoms with Gasteiger partial charge in [-0.25, -0.2) is 4.79 Å². The fraction of sp³-hybridized carbons (Fsp3) is 0.846. The van der Waals surface area contributed by atoms with Gasteiger partial charge in [-0.15, -0.1) is 0 Å². The highest BCUT2D eigenvalue weighted by Gasteiger charge is 2.32. The number of aliphatic hydroxyl groups excluding tert-OH is 1. The summed E-state index contributed by atoms with van der Waals surface area (Å²) >= 11 is 0. The van der Waals surface area contributed by atoms with Crippen molar-refractivity contribution in [1.29, 1.82) is 0 Å². The summed E-state index contributed by atoms with van der Waals surface area (Å²) in [6.07, 6.45) is 2.13. The minimum Gasteiger partial charge on any atom is -0.467 e. The van der Waals surface area contributed by atoms with Crippen LogP contribution in [0.2, 0.25) is 0 Å². The molecule has 1 saturated carbocycles. The Hall–Kier alpha value is -1.10. The Morgan fingerprint density at radius 3 is 2.44 bits per heavy atom. The molecule has 1 amide bonds. The fourth-order valence-electron chi connectivity index (χ4n) is 1.86. The number of hydrogen-bond donors (Lipinski definition) is 2. The van der Waals surface area contributed by atoms with E-state index >= 15 is 0 Å². The van der Waals surface area contributed by atoms with Crippen molar-refractivity contribution in [3.63, 3.8) is 0 Å². The first kappa shape index (κ1) is 15.0. The number of esters is 1. The van der Waals surface area contributed by atoms with Crippen LogP contribution >= 0.6 is 0 Å². The van der Waals surface area contributed by atoms with E-state index in [1.807, 2.05) is 13.8 Å². The van der Waals surface area contributed by atoms with Gasteiger partial charge in [0.1, 0.15) is 12.1 Å². The monoisotopic (exact) mass is 257 g/mol. The molecule has 1 aliphatic carbocycles. The summed E-state index contributed by atoms with van der Waals surface area (Å²) in [5, 5.41) is 12.3. The fourth-order valence-corrected chi connectivity index (χ4v) is 1.86. The maximum absolute atomic E-state index is 11.7. The summed E-state index contributed by atoms with van der Waals surface area (Å²) in [5.41, 5.74) is 0. The second-order valence-corrected chi connectivity index (χ2v) is 5.41. The predicted octanol–water partition coefficient (Wildman–Crippen LogP) is 0.851. The van der Waals surface area contributed by atoms with Gasteiger partial charge < -0.3 is 15.2 Å². The van der Waals surface area contributed by atoms with E-state index in [0.717, 1.165) is 12.8 Å². The van der Waals surface area contributed by atoms with Crippen LogP contribution in [-0.2, 0) is 14.3 Å². The lowest BCUT2D eigenvalue weighted by Gasteiger charge is -2.19. The minimum atomic E-state index is -1.06. The van der Waals surface area contributed by atoms with Crippen LogP contribution in [-0.4, -0.2) is 36.2 Å². The van der Waals surface area contributed by atoms with Gasteiger partial charge >= 0.3 is 5.97 Å². The maximum Gasteiger partial charge on any atom is 0.328 e. The average molecular weight is 257 g/mol. The third kappa shape index (κ3) is 5.04. The first-order chi connectivity index (χ1) is 8.43. The van der Waals surface area contributed by atoms with Crippen molar-refractivity contribution in [1.82, 2.24) is 5.32 Å². The normalized spacial score (nSPS) is 18.3. The van der Waals surface area contributed by atoms with E-state index in [-0.39, 0.29) is 5.92 Å². The highest BCUT2D eigenvalue weighted by atomic mass is 16.5. The molecule has 0 bridgehead atoms. The Balaban J connectivity index is 2.47. The van der Waals surface area contributed by atoms with Crippen LogP contribution in [0.5, 0.6) is 0 Å². The van der Waals surface area contributed by atoms with Gasteiger partial charge in [0, 0.05) is 0 Å². The van der Waals surface area contributed by atoms with Crippen LogP contribution in [0.1, 0.15) is 39.5 Å². The smallest absolute Gasteiger partial charge is 0.328 e. The van der Waals surface area contributed by atoms with Crippen LogP contribution in [0.25, 0.3) is 0 Å². The van der Waals surface area contributed by atoms with E-state index in [0.29, 0.717) is 18.8 Å². The Bertz CT molecular complexity index is 299. The highest BCUT2D eigenvalue weighted by Crippen LogP contribution is 2.33. The molecule has 2 atom stereocenters. The second kappa shape index (κ2) is 6.73. The largest absolute Gasteiger partial charge is 0.467 e. The number of carbonyl (C=O) groups is 2. The molecule has 0 radical (unpaired) electrons. The van der Waals surface area contributed by atoms with E-state index in [9.17, 15) is 14.7 Å². The van der Waals surface area contributed by atoms with Gasteiger partial charge in [0.05, 0.1) is 7.11 Å². The van der Waals surface area contributed by atoms with Crippen molar-refractivity contribution in [3.05, 3.63) is 0 Å². The molecule has 0 aromatic carbocycles. The molecule has 0 aliphatic heterocycles. The number of hydrogen-bond acceptors (Lipinski definition) is 4. The molecule has 1 fully saturated rings. The molecule has 1 aliphatic rings. The summed E-state index contributed by atoms with van der Waals surface area (Å²) in [6, 6.07) is -0.628. The molecule has 104 valence electrons. The molecule has 5 nitrogen and oxygen atoms in total. The molecule has 2 N–H and O–H groups in total. The van der Waals surface area contributed by atoms with Crippen LogP contribution in [0.15, 0.2) is 0 Å². The van der Waals surface area contributed by atoms with Crippen molar-refractivity contribution in [2.75, 3.05) is 7.11 Å². The molecule has 0 aromatic heterocycles. The molecular formula is C13H23NO4. The van der Waals surface area contributed by atoms with Crippen LogP contribution in [0, 0.1) is 11.8 Å². The standard InChI is InChI=1S/C13H23NO4/c1-8(2)6-11(15)12(16)14-10(13(17)18-3)7-9-4-5-9/h8-11,15H,4-7H2,1-3H3,(H,14,16)/t10-,11-/m1/s1. The lowest BCUT2D eigenvalue weighted by atomic mass is 10.0. The summed E-state index contributed by atoms with van der Waals surface area (Å²) in [4.78, 5) is 23.3. The first-order valence-electron chi connectivity index (χ1n) is 6.50. The van der Waals surface area contributed by atoms with Crippen molar-refractivity contribution in [2.24, 2.45) is 11.8 Å². The number of ether oxygens (including phenoxy) is 1. The van der Waals surface area contributed by atoms with E-state index in [4.69, 9.17) is 0 Å². The van der Waals surface area contributed by atoms with Gasteiger partial charge in [-0.3, -0.25) is 4.79 Å². The third-order valence-corrected chi connectivity index (χ3v) is 3.07. The predicted molar refractivity (Wildman–Crippen MR) is 66.7 cm³/mol. The average Bonchev–Trinajstić information content (AvgIpc) is 3.09. The number of carbonyl (C=O) groups excluding carboxylic acids is 2. The summed E-state index contributed by atoms with van der Waals surface area (Å²) < 4.78 is 4.67. The van der Waals surface area contributed by atoms with Gasteiger partial charge in [-0.05, 0) is 24.7 Å². The van der Waals surface area contributed by atoms with E-state index in [2.05, 4.69) is 10.1 Å². The summed E-state index contributed by atoms with van der Waals surface area (Å²) in [7, 11) is 1.30. The van der Waals surface area contributed by atoms with Crippen LogP contribution in [0.3, 0.4) is 0 Å². The molecule has 0 saturated heterocycles. The van der Waals surface area contributed by atoms with Gasteiger partial charge in [0.15, 0.2) is 0 Å². The van der Waals surface area contributed by atoms with Crippen molar-refractivity contribution >= 4 is 11.9 Å². The Kier molecular flexibility index (Phi) is 5.59. The first-order valence-corrected chi connectivity index (χ1v) is 6.50.